The van der Waals surface area contributed by atoms with Gasteiger partial charge in [-0.05, 0) is 103 Å². The largest absolute Gasteiger partial charge is 0.310 e. The molecule has 298 valence electrons. The molecule has 62 heavy (non-hydrogen) atoms. The van der Waals surface area contributed by atoms with E-state index in [1.165, 1.54) is 77.9 Å². The van der Waals surface area contributed by atoms with Gasteiger partial charge in [0.15, 0.2) is 0 Å². The summed E-state index contributed by atoms with van der Waals surface area (Å²) in [7, 11) is 0. The quantitative estimate of drug-likeness (QED) is 0.168. The van der Waals surface area contributed by atoms with E-state index in [-0.39, 0.29) is 28.1 Å². The van der Waals surface area contributed by atoms with E-state index < -0.39 is 0 Å². The van der Waals surface area contributed by atoms with E-state index in [1.807, 2.05) is 0 Å². The number of fused-ring (bicyclic) bond motifs is 12. The van der Waals surface area contributed by atoms with Crippen molar-refractivity contribution < 1.29 is 0 Å². The van der Waals surface area contributed by atoms with Crippen molar-refractivity contribution in [2.45, 2.75) is 49.9 Å². The first-order valence-corrected chi connectivity index (χ1v) is 22.3. The van der Waals surface area contributed by atoms with Crippen LogP contribution in [-0.2, 0) is 16.2 Å². The van der Waals surface area contributed by atoms with E-state index in [0.717, 1.165) is 17.1 Å². The SMILES string of the molecule is CC1(C)c2ccccc2-c2ccc(N(c3ccc(-c4ccc5c(c4)C4C=CC=CC4C54c5ccccc5C(C)(C)c5ccccc54)cc3)c3ccccc3-c3ccccc3)cc21. The molecular formula is C61H49N. The number of anilines is 3. The van der Waals surface area contributed by atoms with Crippen LogP contribution in [0.3, 0.4) is 0 Å². The fourth-order valence-corrected chi connectivity index (χ4v) is 12.2. The summed E-state index contributed by atoms with van der Waals surface area (Å²) in [6, 6.07) is 70.8. The minimum atomic E-state index is -0.273. The van der Waals surface area contributed by atoms with Crippen molar-refractivity contribution in [1.29, 1.82) is 0 Å². The van der Waals surface area contributed by atoms with Crippen molar-refractivity contribution in [2.24, 2.45) is 5.92 Å². The van der Waals surface area contributed by atoms with Crippen molar-refractivity contribution in [3.05, 3.63) is 257 Å². The van der Waals surface area contributed by atoms with Gasteiger partial charge in [0.1, 0.15) is 0 Å². The molecule has 0 heterocycles. The molecule has 2 unspecified atom stereocenters. The number of para-hydroxylation sites is 1. The number of nitrogens with zero attached hydrogens (tertiary/aromatic N) is 1. The third kappa shape index (κ3) is 5.09. The lowest BCUT2D eigenvalue weighted by Gasteiger charge is -2.49. The van der Waals surface area contributed by atoms with Gasteiger partial charge in [-0.15, -0.1) is 0 Å². The first kappa shape index (κ1) is 36.9. The van der Waals surface area contributed by atoms with Crippen LogP contribution in [-0.4, -0.2) is 0 Å². The zero-order chi connectivity index (χ0) is 41.8. The highest BCUT2D eigenvalue weighted by atomic mass is 15.1. The van der Waals surface area contributed by atoms with Gasteiger partial charge < -0.3 is 4.90 Å². The van der Waals surface area contributed by atoms with Crippen LogP contribution >= 0.6 is 0 Å². The fourth-order valence-electron chi connectivity index (χ4n) is 12.2. The topological polar surface area (TPSA) is 3.24 Å². The molecule has 0 fully saturated rings. The molecule has 1 spiro atoms. The molecule has 0 aliphatic heterocycles. The lowest BCUT2D eigenvalue weighted by atomic mass is 9.53. The van der Waals surface area contributed by atoms with Gasteiger partial charge in [0.05, 0.1) is 11.1 Å². The molecular weight excluding hydrogens is 747 g/mol. The third-order valence-corrected chi connectivity index (χ3v) is 15.0. The maximum absolute atomic E-state index is 2.51. The van der Waals surface area contributed by atoms with Gasteiger partial charge in [0.25, 0.3) is 0 Å². The van der Waals surface area contributed by atoms with Crippen molar-refractivity contribution in [3.8, 4) is 33.4 Å². The van der Waals surface area contributed by atoms with Crippen molar-refractivity contribution in [2.75, 3.05) is 4.90 Å². The Morgan fingerprint density at radius 1 is 0.371 bits per heavy atom. The van der Waals surface area contributed by atoms with E-state index in [4.69, 9.17) is 0 Å². The van der Waals surface area contributed by atoms with Gasteiger partial charge >= 0.3 is 0 Å². The minimum Gasteiger partial charge on any atom is -0.310 e. The molecule has 12 rings (SSSR count). The van der Waals surface area contributed by atoms with Crippen LogP contribution in [0.5, 0.6) is 0 Å². The molecule has 0 saturated heterocycles. The van der Waals surface area contributed by atoms with Gasteiger partial charge in [-0.2, -0.15) is 0 Å². The Morgan fingerprint density at radius 3 is 1.65 bits per heavy atom. The highest BCUT2D eigenvalue weighted by molar-refractivity contribution is 5.91. The number of benzene rings is 8. The molecule has 0 bridgehead atoms. The molecule has 1 nitrogen and oxygen atoms in total. The second-order valence-corrected chi connectivity index (χ2v) is 18.8. The maximum atomic E-state index is 2.51. The standard InChI is InChI=1S/C61H49N/c1-59(2)50-23-11-8-21-46(50)48-36-35-44(39-57(48)59)62(58-29-17-10-20-45(58)41-18-6-5-7-19-41)43-33-30-40(31-34-43)42-32-37-52-49(38-42)47-22-9-12-24-51(47)61(52)55-27-15-13-25-53(55)60(3,4)54-26-14-16-28-56(54)61/h5-39,47,51H,1-4H3. The predicted octanol–water partition coefficient (Wildman–Crippen LogP) is 15.6. The van der Waals surface area contributed by atoms with Crippen molar-refractivity contribution in [3.63, 3.8) is 0 Å². The molecule has 0 aromatic heterocycles. The smallest absolute Gasteiger partial charge is 0.0540 e. The molecule has 0 N–H and O–H groups in total. The molecule has 0 amide bonds. The molecule has 8 aromatic rings. The van der Waals surface area contributed by atoms with E-state index in [0.29, 0.717) is 0 Å². The summed E-state index contributed by atoms with van der Waals surface area (Å²) in [4.78, 5) is 2.46. The van der Waals surface area contributed by atoms with Crippen LogP contribution in [0.15, 0.2) is 212 Å². The lowest BCUT2D eigenvalue weighted by Crippen LogP contribution is -2.44. The van der Waals surface area contributed by atoms with E-state index in [9.17, 15) is 0 Å². The Labute approximate surface area is 366 Å². The number of hydrogen-bond acceptors (Lipinski definition) is 1. The summed E-state index contributed by atoms with van der Waals surface area (Å²) in [6.07, 6.45) is 9.48. The van der Waals surface area contributed by atoms with Gasteiger partial charge in [-0.1, -0.05) is 210 Å². The summed E-state index contributed by atoms with van der Waals surface area (Å²) < 4.78 is 0. The molecule has 2 atom stereocenters. The predicted molar refractivity (Wildman–Crippen MR) is 259 cm³/mol. The fraction of sp³-hybridized carbons (Fsp3) is 0.148. The van der Waals surface area contributed by atoms with E-state index >= 15 is 0 Å². The summed E-state index contributed by atoms with van der Waals surface area (Å²) in [5.74, 6) is 0.554. The average Bonchev–Trinajstić information content (AvgIpc) is 3.74. The summed E-state index contributed by atoms with van der Waals surface area (Å²) in [6.45, 7) is 9.54. The molecule has 1 heteroatoms. The third-order valence-electron chi connectivity index (χ3n) is 15.0. The Balaban J connectivity index is 0.994. The molecule has 0 radical (unpaired) electrons. The maximum Gasteiger partial charge on any atom is 0.0540 e. The van der Waals surface area contributed by atoms with Crippen LogP contribution in [0, 0.1) is 5.92 Å². The summed E-state index contributed by atoms with van der Waals surface area (Å²) in [5, 5.41) is 0. The van der Waals surface area contributed by atoms with E-state index in [2.05, 4.69) is 245 Å². The molecule has 0 saturated carbocycles. The Bertz CT molecular complexity index is 3090. The van der Waals surface area contributed by atoms with Crippen molar-refractivity contribution >= 4 is 17.1 Å². The zero-order valence-corrected chi connectivity index (χ0v) is 35.8. The molecule has 8 aromatic carbocycles. The highest BCUT2D eigenvalue weighted by Gasteiger charge is 2.57. The normalized spacial score (nSPS) is 18.6. The number of allylic oxidation sites excluding steroid dienone is 4. The first-order chi connectivity index (χ1) is 30.3. The Morgan fingerprint density at radius 2 is 0.919 bits per heavy atom. The van der Waals surface area contributed by atoms with Crippen LogP contribution in [0.2, 0.25) is 0 Å². The summed E-state index contributed by atoms with van der Waals surface area (Å²) >= 11 is 0. The van der Waals surface area contributed by atoms with Gasteiger partial charge in [0.2, 0.25) is 0 Å². The highest BCUT2D eigenvalue weighted by Crippen LogP contribution is 2.65. The Kier molecular flexibility index (Phi) is 8.04. The van der Waals surface area contributed by atoms with Crippen LogP contribution in [0.1, 0.15) is 78.1 Å². The second-order valence-electron chi connectivity index (χ2n) is 18.8. The van der Waals surface area contributed by atoms with Crippen LogP contribution in [0.4, 0.5) is 17.1 Å². The van der Waals surface area contributed by atoms with E-state index in [1.54, 1.807) is 0 Å². The second kappa shape index (κ2) is 13.5. The molecule has 4 aliphatic rings. The summed E-state index contributed by atoms with van der Waals surface area (Å²) in [5.41, 5.74) is 21.9. The molecule has 4 aliphatic carbocycles. The number of hydrogen-bond donors (Lipinski definition) is 0. The minimum absolute atomic E-state index is 0.0942. The van der Waals surface area contributed by atoms with Crippen LogP contribution in [0.25, 0.3) is 33.4 Å². The monoisotopic (exact) mass is 795 g/mol. The average molecular weight is 796 g/mol. The van der Waals surface area contributed by atoms with Gasteiger partial charge in [0, 0.05) is 39.6 Å². The Hall–Kier alpha value is -6.96. The van der Waals surface area contributed by atoms with Crippen LogP contribution < -0.4 is 4.90 Å². The lowest BCUT2D eigenvalue weighted by molar-refractivity contribution is 0.420. The van der Waals surface area contributed by atoms with Crippen molar-refractivity contribution in [1.82, 2.24) is 0 Å². The number of rotatable bonds is 5. The first-order valence-electron chi connectivity index (χ1n) is 22.3. The van der Waals surface area contributed by atoms with Gasteiger partial charge in [-0.25, -0.2) is 0 Å². The van der Waals surface area contributed by atoms with Gasteiger partial charge in [-0.3, -0.25) is 0 Å². The zero-order valence-electron chi connectivity index (χ0n) is 35.8.